The summed E-state index contributed by atoms with van der Waals surface area (Å²) in [5, 5.41) is 4.30. The van der Waals surface area contributed by atoms with E-state index in [4.69, 9.17) is 11.6 Å². The Hall–Kier alpha value is -0.770. The number of piperazine rings is 1. The maximum atomic E-state index is 6.25. The van der Waals surface area contributed by atoms with Gasteiger partial charge in [-0.3, -0.25) is 0 Å². The minimum Gasteiger partial charge on any atom is -0.373 e. The summed E-state index contributed by atoms with van der Waals surface area (Å²) in [4.78, 5) is 4.94. The number of rotatable bonds is 2. The zero-order valence-electron chi connectivity index (χ0n) is 11.7. The summed E-state index contributed by atoms with van der Waals surface area (Å²) in [7, 11) is 2.18. The van der Waals surface area contributed by atoms with E-state index < -0.39 is 0 Å². The number of halogens is 1. The van der Waals surface area contributed by atoms with Crippen molar-refractivity contribution >= 4 is 17.3 Å². The molecule has 0 bridgehead atoms. The minimum absolute atomic E-state index is 0.620. The lowest BCUT2D eigenvalue weighted by molar-refractivity contribution is 0.230. The molecule has 1 fully saturated rings. The minimum atomic E-state index is 0.620. The van der Waals surface area contributed by atoms with Crippen LogP contribution < -0.4 is 10.2 Å². The number of anilines is 1. The van der Waals surface area contributed by atoms with Crippen molar-refractivity contribution in [3.8, 4) is 0 Å². The number of nitrogens with one attached hydrogen (secondary N) is 1. The number of fused-ring (bicyclic) bond motifs is 1. The van der Waals surface area contributed by atoms with E-state index in [1.807, 2.05) is 0 Å². The molecule has 2 aliphatic heterocycles. The molecule has 1 atom stereocenters. The summed E-state index contributed by atoms with van der Waals surface area (Å²) in [6.07, 6.45) is 0. The second-order valence-electron chi connectivity index (χ2n) is 5.74. The van der Waals surface area contributed by atoms with E-state index in [0.717, 1.165) is 24.7 Å². The first-order valence-corrected chi connectivity index (χ1v) is 7.48. The monoisotopic (exact) mass is 279 g/mol. The summed E-state index contributed by atoms with van der Waals surface area (Å²) in [6.45, 7) is 8.99. The van der Waals surface area contributed by atoms with Gasteiger partial charge in [-0.15, -0.1) is 0 Å². The quantitative estimate of drug-likeness (QED) is 0.894. The normalized spacial score (nSPS) is 23.7. The van der Waals surface area contributed by atoms with E-state index in [0.29, 0.717) is 5.92 Å². The summed E-state index contributed by atoms with van der Waals surface area (Å²) < 4.78 is 0. The van der Waals surface area contributed by atoms with Crippen molar-refractivity contribution < 1.29 is 0 Å². The molecule has 19 heavy (non-hydrogen) atoms. The van der Waals surface area contributed by atoms with Crippen LogP contribution in [-0.2, 0) is 0 Å². The van der Waals surface area contributed by atoms with Gasteiger partial charge in [-0.05, 0) is 24.1 Å². The topological polar surface area (TPSA) is 18.5 Å². The molecule has 0 spiro atoms. The average Bonchev–Trinajstić information content (AvgIpc) is 2.72. The fourth-order valence-corrected chi connectivity index (χ4v) is 3.57. The van der Waals surface area contributed by atoms with E-state index in [2.05, 4.69) is 41.2 Å². The molecular formula is C15H22ClN3. The van der Waals surface area contributed by atoms with Crippen molar-refractivity contribution in [2.75, 3.05) is 51.2 Å². The van der Waals surface area contributed by atoms with Crippen LogP contribution in [0.4, 0.5) is 5.69 Å². The smallest absolute Gasteiger partial charge is 0.0456 e. The van der Waals surface area contributed by atoms with Gasteiger partial charge in [-0.2, -0.15) is 0 Å². The van der Waals surface area contributed by atoms with Gasteiger partial charge >= 0.3 is 0 Å². The number of hydrogen-bond donors (Lipinski definition) is 1. The van der Waals surface area contributed by atoms with Gasteiger partial charge < -0.3 is 15.1 Å². The first-order chi connectivity index (χ1) is 9.16. The van der Waals surface area contributed by atoms with Gasteiger partial charge in [0.25, 0.3) is 0 Å². The molecule has 0 amide bonds. The molecule has 0 radical (unpaired) electrons. The molecule has 1 aromatic carbocycles. The predicted octanol–water partition coefficient (Wildman–Crippen LogP) is 2.09. The Bertz CT molecular complexity index is 469. The van der Waals surface area contributed by atoms with Crippen LogP contribution in [0.15, 0.2) is 12.1 Å². The van der Waals surface area contributed by atoms with Crippen LogP contribution in [0.1, 0.15) is 17.0 Å². The van der Waals surface area contributed by atoms with Crippen molar-refractivity contribution in [2.45, 2.75) is 12.8 Å². The van der Waals surface area contributed by atoms with Crippen LogP contribution in [0.3, 0.4) is 0 Å². The summed E-state index contributed by atoms with van der Waals surface area (Å²) in [6, 6.07) is 4.28. The Labute approximate surface area is 120 Å². The lowest BCUT2D eigenvalue weighted by Crippen LogP contribution is -2.45. The maximum Gasteiger partial charge on any atom is 0.0456 e. The van der Waals surface area contributed by atoms with E-state index in [1.54, 1.807) is 0 Å². The Kier molecular flexibility index (Phi) is 3.70. The zero-order valence-corrected chi connectivity index (χ0v) is 12.5. The van der Waals surface area contributed by atoms with Crippen molar-refractivity contribution in [3.63, 3.8) is 0 Å². The van der Waals surface area contributed by atoms with Crippen LogP contribution in [0.5, 0.6) is 0 Å². The second-order valence-corrected chi connectivity index (χ2v) is 6.15. The van der Waals surface area contributed by atoms with Crippen LogP contribution >= 0.6 is 11.6 Å². The Balaban J connectivity index is 1.81. The second kappa shape index (κ2) is 5.31. The lowest BCUT2D eigenvalue weighted by atomic mass is 9.98. The summed E-state index contributed by atoms with van der Waals surface area (Å²) >= 11 is 6.25. The molecule has 1 N–H and O–H groups in total. The summed E-state index contributed by atoms with van der Waals surface area (Å²) in [5.74, 6) is 0.620. The highest BCUT2D eigenvalue weighted by Crippen LogP contribution is 2.40. The van der Waals surface area contributed by atoms with E-state index in [9.17, 15) is 0 Å². The number of benzene rings is 1. The lowest BCUT2D eigenvalue weighted by Gasteiger charge is -2.29. The molecule has 0 aliphatic carbocycles. The van der Waals surface area contributed by atoms with E-state index in [-0.39, 0.29) is 0 Å². The molecule has 3 rings (SSSR count). The summed E-state index contributed by atoms with van der Waals surface area (Å²) in [5.41, 5.74) is 4.06. The molecule has 2 heterocycles. The number of nitrogens with zero attached hydrogens (tertiary/aromatic N) is 2. The number of likely N-dealkylation sites (N-methyl/N-ethyl adjacent to an activating group) is 1. The van der Waals surface area contributed by atoms with Crippen LogP contribution in [0.2, 0.25) is 5.02 Å². The van der Waals surface area contributed by atoms with Crippen molar-refractivity contribution in [3.05, 3.63) is 28.3 Å². The molecule has 1 aromatic rings. The van der Waals surface area contributed by atoms with Crippen molar-refractivity contribution in [2.24, 2.45) is 0 Å². The Morgan fingerprint density at radius 1 is 1.32 bits per heavy atom. The van der Waals surface area contributed by atoms with Crippen LogP contribution in [-0.4, -0.2) is 51.2 Å². The molecule has 104 valence electrons. The molecule has 3 nitrogen and oxygen atoms in total. The van der Waals surface area contributed by atoms with Gasteiger partial charge in [0.15, 0.2) is 0 Å². The van der Waals surface area contributed by atoms with Gasteiger partial charge in [-0.25, -0.2) is 0 Å². The van der Waals surface area contributed by atoms with Gasteiger partial charge in [0.05, 0.1) is 0 Å². The first kappa shape index (κ1) is 13.2. The van der Waals surface area contributed by atoms with Crippen molar-refractivity contribution in [1.82, 2.24) is 10.2 Å². The predicted molar refractivity (Wildman–Crippen MR) is 81.5 cm³/mol. The van der Waals surface area contributed by atoms with Crippen molar-refractivity contribution in [1.29, 1.82) is 0 Å². The highest BCUT2D eigenvalue weighted by atomic mass is 35.5. The largest absolute Gasteiger partial charge is 0.373 e. The molecule has 0 aromatic heterocycles. The highest BCUT2D eigenvalue weighted by Gasteiger charge is 2.30. The zero-order chi connectivity index (χ0) is 13.4. The highest BCUT2D eigenvalue weighted by molar-refractivity contribution is 6.31. The third kappa shape index (κ3) is 2.47. The molecule has 1 saturated heterocycles. The van der Waals surface area contributed by atoms with Gasteiger partial charge in [0, 0.05) is 62.9 Å². The van der Waals surface area contributed by atoms with Gasteiger partial charge in [0.2, 0.25) is 0 Å². The molecule has 2 aliphatic rings. The molecule has 1 unspecified atom stereocenters. The van der Waals surface area contributed by atoms with Crippen LogP contribution in [0, 0.1) is 6.92 Å². The van der Waals surface area contributed by atoms with E-state index >= 15 is 0 Å². The fraction of sp³-hybridized carbons (Fsp3) is 0.600. The molecular weight excluding hydrogens is 258 g/mol. The Morgan fingerprint density at radius 3 is 2.79 bits per heavy atom. The third-order valence-electron chi connectivity index (χ3n) is 4.40. The van der Waals surface area contributed by atoms with Gasteiger partial charge in [0.1, 0.15) is 0 Å². The first-order valence-electron chi connectivity index (χ1n) is 7.10. The standard InChI is InChI=1S/C15H22ClN3/c1-11-14(16)4-3-13-12(9-18(2)15(11)13)10-19-7-5-17-6-8-19/h3-4,12,17H,5-10H2,1-2H3. The molecule has 4 heteroatoms. The average molecular weight is 280 g/mol. The number of hydrogen-bond acceptors (Lipinski definition) is 3. The van der Waals surface area contributed by atoms with Gasteiger partial charge in [-0.1, -0.05) is 17.7 Å². The fourth-order valence-electron chi connectivity index (χ4n) is 3.41. The maximum absolute atomic E-state index is 6.25. The molecule has 0 saturated carbocycles. The Morgan fingerprint density at radius 2 is 2.05 bits per heavy atom. The van der Waals surface area contributed by atoms with E-state index in [1.165, 1.54) is 36.4 Å². The SMILES string of the molecule is Cc1c(Cl)ccc2c1N(C)CC2CN1CCNCC1. The third-order valence-corrected chi connectivity index (χ3v) is 4.81. The van der Waals surface area contributed by atoms with Crippen LogP contribution in [0.25, 0.3) is 0 Å².